The van der Waals surface area contributed by atoms with E-state index in [1.807, 2.05) is 17.9 Å². The summed E-state index contributed by atoms with van der Waals surface area (Å²) in [6.07, 6.45) is 3.10. The van der Waals surface area contributed by atoms with Gasteiger partial charge in [-0.1, -0.05) is 13.0 Å². The fourth-order valence-corrected chi connectivity index (χ4v) is 2.70. The van der Waals surface area contributed by atoms with Gasteiger partial charge in [0.25, 0.3) is 0 Å². The van der Waals surface area contributed by atoms with Crippen LogP contribution in [0.15, 0.2) is 17.5 Å². The minimum Gasteiger partial charge on any atom is -0.334 e. The smallest absolute Gasteiger partial charge is 0.226 e. The van der Waals surface area contributed by atoms with Crippen LogP contribution in [0.4, 0.5) is 0 Å². The molecule has 1 heterocycles. The van der Waals surface area contributed by atoms with E-state index in [1.54, 1.807) is 11.3 Å². The Morgan fingerprint density at radius 3 is 2.94 bits per heavy atom. The summed E-state index contributed by atoms with van der Waals surface area (Å²) >= 11 is 1.72. The number of amides is 1. The summed E-state index contributed by atoms with van der Waals surface area (Å²) in [5.74, 6) is 0.326. The van der Waals surface area contributed by atoms with Crippen molar-refractivity contribution in [3.8, 4) is 0 Å². The average molecular weight is 252 g/mol. The Morgan fingerprint density at radius 2 is 2.41 bits per heavy atom. The van der Waals surface area contributed by atoms with E-state index < -0.39 is 0 Å². The van der Waals surface area contributed by atoms with Crippen molar-refractivity contribution in [2.75, 3.05) is 6.54 Å². The highest BCUT2D eigenvalue weighted by Crippen LogP contribution is 2.30. The van der Waals surface area contributed by atoms with Gasteiger partial charge in [-0.3, -0.25) is 4.79 Å². The van der Waals surface area contributed by atoms with E-state index in [2.05, 4.69) is 11.4 Å². The fraction of sp³-hybridized carbons (Fsp3) is 0.615. The maximum atomic E-state index is 12.3. The number of carbonyl (C=O) groups is 1. The summed E-state index contributed by atoms with van der Waals surface area (Å²) in [5, 5.41) is 2.06. The highest BCUT2D eigenvalue weighted by atomic mass is 32.1. The normalized spacial score (nSPS) is 16.8. The minimum absolute atomic E-state index is 0.0561. The van der Waals surface area contributed by atoms with Crippen LogP contribution in [-0.4, -0.2) is 23.4 Å². The molecule has 1 fully saturated rings. The SMILES string of the molecule is CC(CCN)C(=O)N(Cc1cccs1)C1CC1. The molecule has 3 nitrogen and oxygen atoms in total. The van der Waals surface area contributed by atoms with Gasteiger partial charge in [-0.05, 0) is 37.3 Å². The lowest BCUT2D eigenvalue weighted by atomic mass is 10.1. The van der Waals surface area contributed by atoms with Gasteiger partial charge in [-0.2, -0.15) is 0 Å². The molecule has 0 saturated heterocycles. The average Bonchev–Trinajstić information content (AvgIpc) is 3.03. The van der Waals surface area contributed by atoms with Gasteiger partial charge in [-0.15, -0.1) is 11.3 Å². The summed E-state index contributed by atoms with van der Waals surface area (Å²) in [6.45, 7) is 3.35. The molecule has 4 heteroatoms. The maximum absolute atomic E-state index is 12.3. The van der Waals surface area contributed by atoms with Gasteiger partial charge in [-0.25, -0.2) is 0 Å². The Labute approximate surface area is 107 Å². The standard InChI is InChI=1S/C13H20N2OS/c1-10(6-7-14)13(16)15(11-4-5-11)9-12-3-2-8-17-12/h2-3,8,10-11H,4-7,9,14H2,1H3. The molecule has 1 amide bonds. The molecular weight excluding hydrogens is 232 g/mol. The quantitative estimate of drug-likeness (QED) is 0.844. The maximum Gasteiger partial charge on any atom is 0.226 e. The van der Waals surface area contributed by atoms with E-state index in [1.165, 1.54) is 4.88 Å². The number of nitrogens with zero attached hydrogens (tertiary/aromatic N) is 1. The molecule has 17 heavy (non-hydrogen) atoms. The van der Waals surface area contributed by atoms with E-state index in [0.717, 1.165) is 25.8 Å². The zero-order valence-electron chi connectivity index (χ0n) is 10.3. The van der Waals surface area contributed by atoms with Crippen molar-refractivity contribution >= 4 is 17.2 Å². The number of carbonyl (C=O) groups excluding carboxylic acids is 1. The van der Waals surface area contributed by atoms with Crippen LogP contribution >= 0.6 is 11.3 Å². The van der Waals surface area contributed by atoms with Crippen molar-refractivity contribution in [2.24, 2.45) is 11.7 Å². The van der Waals surface area contributed by atoms with Crippen molar-refractivity contribution in [1.82, 2.24) is 4.90 Å². The monoisotopic (exact) mass is 252 g/mol. The van der Waals surface area contributed by atoms with Gasteiger partial charge >= 0.3 is 0 Å². The Hall–Kier alpha value is -0.870. The molecule has 1 unspecified atom stereocenters. The van der Waals surface area contributed by atoms with Crippen molar-refractivity contribution in [2.45, 2.75) is 38.8 Å². The van der Waals surface area contributed by atoms with Gasteiger partial charge in [0.15, 0.2) is 0 Å². The lowest BCUT2D eigenvalue weighted by Gasteiger charge is -2.25. The van der Waals surface area contributed by atoms with Crippen LogP contribution in [0.25, 0.3) is 0 Å². The molecule has 0 bridgehead atoms. The first-order valence-corrected chi connectivity index (χ1v) is 7.13. The number of rotatable bonds is 6. The van der Waals surface area contributed by atoms with Gasteiger partial charge in [0.1, 0.15) is 0 Å². The Balaban J connectivity index is 1.99. The molecule has 0 spiro atoms. The lowest BCUT2D eigenvalue weighted by Crippen LogP contribution is -2.36. The van der Waals surface area contributed by atoms with Crippen LogP contribution in [0.1, 0.15) is 31.1 Å². The zero-order valence-corrected chi connectivity index (χ0v) is 11.1. The summed E-state index contributed by atoms with van der Waals surface area (Å²) in [6, 6.07) is 4.62. The summed E-state index contributed by atoms with van der Waals surface area (Å²) in [5.41, 5.74) is 5.53. The van der Waals surface area contributed by atoms with Gasteiger partial charge in [0, 0.05) is 16.8 Å². The third-order valence-corrected chi connectivity index (χ3v) is 4.06. The number of nitrogens with two attached hydrogens (primary N) is 1. The van der Waals surface area contributed by atoms with Crippen LogP contribution in [-0.2, 0) is 11.3 Å². The molecule has 0 aromatic carbocycles. The highest BCUT2D eigenvalue weighted by Gasteiger charge is 2.34. The molecule has 1 aromatic heterocycles. The molecule has 2 N–H and O–H groups in total. The van der Waals surface area contributed by atoms with Crippen LogP contribution in [0.2, 0.25) is 0 Å². The Morgan fingerprint density at radius 1 is 1.65 bits per heavy atom. The predicted molar refractivity (Wildman–Crippen MR) is 70.7 cm³/mol. The number of hydrogen-bond acceptors (Lipinski definition) is 3. The molecule has 94 valence electrons. The topological polar surface area (TPSA) is 46.3 Å². The van der Waals surface area contributed by atoms with E-state index in [0.29, 0.717) is 12.6 Å². The largest absolute Gasteiger partial charge is 0.334 e. The first-order chi connectivity index (χ1) is 8.22. The van der Waals surface area contributed by atoms with E-state index in [4.69, 9.17) is 5.73 Å². The predicted octanol–water partition coefficient (Wildman–Crippen LogP) is 2.22. The minimum atomic E-state index is 0.0561. The first-order valence-electron chi connectivity index (χ1n) is 6.25. The number of thiophene rings is 1. The van der Waals surface area contributed by atoms with Crippen LogP contribution in [0.5, 0.6) is 0 Å². The molecule has 1 atom stereocenters. The summed E-state index contributed by atoms with van der Waals surface area (Å²) in [7, 11) is 0. The number of hydrogen-bond donors (Lipinski definition) is 1. The summed E-state index contributed by atoms with van der Waals surface area (Å²) < 4.78 is 0. The van der Waals surface area contributed by atoms with E-state index >= 15 is 0 Å². The molecule has 1 aliphatic rings. The summed E-state index contributed by atoms with van der Waals surface area (Å²) in [4.78, 5) is 15.6. The molecule has 0 aliphatic heterocycles. The molecule has 1 saturated carbocycles. The molecule has 1 aromatic rings. The third kappa shape index (κ3) is 3.30. The Kier molecular flexibility index (Phi) is 4.18. The van der Waals surface area contributed by atoms with Crippen molar-refractivity contribution in [3.05, 3.63) is 22.4 Å². The first kappa shape index (κ1) is 12.6. The van der Waals surface area contributed by atoms with Crippen molar-refractivity contribution < 1.29 is 4.79 Å². The molecular formula is C13H20N2OS. The van der Waals surface area contributed by atoms with Crippen LogP contribution in [0, 0.1) is 5.92 Å². The lowest BCUT2D eigenvalue weighted by molar-refractivity contribution is -0.136. The molecule has 2 rings (SSSR count). The fourth-order valence-electron chi connectivity index (χ4n) is 2.00. The van der Waals surface area contributed by atoms with Crippen molar-refractivity contribution in [1.29, 1.82) is 0 Å². The van der Waals surface area contributed by atoms with Crippen molar-refractivity contribution in [3.63, 3.8) is 0 Å². The second-order valence-electron chi connectivity index (χ2n) is 4.76. The molecule has 0 radical (unpaired) electrons. The van der Waals surface area contributed by atoms with E-state index in [-0.39, 0.29) is 11.8 Å². The molecule has 1 aliphatic carbocycles. The van der Waals surface area contributed by atoms with Crippen LogP contribution < -0.4 is 5.73 Å². The van der Waals surface area contributed by atoms with E-state index in [9.17, 15) is 4.79 Å². The second kappa shape index (κ2) is 5.65. The third-order valence-electron chi connectivity index (χ3n) is 3.20. The highest BCUT2D eigenvalue weighted by molar-refractivity contribution is 7.09. The van der Waals surface area contributed by atoms with Gasteiger partial charge < -0.3 is 10.6 Å². The van der Waals surface area contributed by atoms with Gasteiger partial charge in [0.2, 0.25) is 5.91 Å². The zero-order chi connectivity index (χ0) is 12.3. The van der Waals surface area contributed by atoms with Gasteiger partial charge in [0.05, 0.1) is 6.54 Å². The second-order valence-corrected chi connectivity index (χ2v) is 5.79. The van der Waals surface area contributed by atoms with Crippen LogP contribution in [0.3, 0.4) is 0 Å². The Bertz CT molecular complexity index is 360.